The lowest BCUT2D eigenvalue weighted by Gasteiger charge is -2.24. The minimum Gasteiger partial charge on any atom is -0.480 e. The molecule has 0 amide bonds. The van der Waals surface area contributed by atoms with E-state index in [-0.39, 0.29) is 0 Å². The Morgan fingerprint density at radius 3 is 2.45 bits per heavy atom. The van der Waals surface area contributed by atoms with Crippen molar-refractivity contribution in [3.63, 3.8) is 0 Å². The van der Waals surface area contributed by atoms with E-state index in [1.807, 2.05) is 29.2 Å². The molecule has 0 aliphatic carbocycles. The standard InChI is InChI=1S/C16H23NO3/c1-11(2)12-5-7-13(8-6-12)15(18)10-17-9-3-4-14(17)16(19)20/h5-8,11,14-15,18H,3-4,9-10H2,1-2H3,(H,19,20). The van der Waals surface area contributed by atoms with Crippen molar-refractivity contribution in [3.8, 4) is 0 Å². The second kappa shape index (κ2) is 6.37. The highest BCUT2D eigenvalue weighted by atomic mass is 16.4. The van der Waals surface area contributed by atoms with Gasteiger partial charge in [-0.15, -0.1) is 0 Å². The third kappa shape index (κ3) is 3.38. The molecule has 110 valence electrons. The zero-order chi connectivity index (χ0) is 14.7. The van der Waals surface area contributed by atoms with E-state index in [9.17, 15) is 9.90 Å². The Kier molecular flexibility index (Phi) is 4.78. The minimum absolute atomic E-state index is 0.387. The molecule has 0 radical (unpaired) electrons. The number of hydrogen-bond acceptors (Lipinski definition) is 3. The smallest absolute Gasteiger partial charge is 0.320 e. The van der Waals surface area contributed by atoms with Gasteiger partial charge in [-0.25, -0.2) is 0 Å². The van der Waals surface area contributed by atoms with E-state index in [1.54, 1.807) is 0 Å². The van der Waals surface area contributed by atoms with E-state index in [1.165, 1.54) is 5.56 Å². The van der Waals surface area contributed by atoms with E-state index in [0.717, 1.165) is 18.5 Å². The number of β-amino-alcohol motifs (C(OH)–C–C–N with tert-alkyl or cyclic N) is 1. The number of carbonyl (C=O) groups is 1. The molecule has 0 saturated carbocycles. The van der Waals surface area contributed by atoms with Crippen LogP contribution < -0.4 is 0 Å². The number of aliphatic carboxylic acids is 1. The molecule has 2 unspecified atom stereocenters. The van der Waals surface area contributed by atoms with Gasteiger partial charge in [-0.05, 0) is 36.4 Å². The Morgan fingerprint density at radius 1 is 1.30 bits per heavy atom. The molecule has 0 aromatic heterocycles. The zero-order valence-electron chi connectivity index (χ0n) is 12.1. The van der Waals surface area contributed by atoms with Crippen LogP contribution in [0, 0.1) is 0 Å². The topological polar surface area (TPSA) is 60.8 Å². The van der Waals surface area contributed by atoms with Gasteiger partial charge in [0.15, 0.2) is 0 Å². The number of benzene rings is 1. The average molecular weight is 277 g/mol. The molecule has 0 bridgehead atoms. The minimum atomic E-state index is -0.787. The maximum atomic E-state index is 11.1. The molecule has 2 N–H and O–H groups in total. The molecule has 1 fully saturated rings. The summed E-state index contributed by atoms with van der Waals surface area (Å²) < 4.78 is 0. The number of carboxylic acids is 1. The normalized spacial score (nSPS) is 21.3. The van der Waals surface area contributed by atoms with Gasteiger partial charge in [-0.2, -0.15) is 0 Å². The monoisotopic (exact) mass is 277 g/mol. The van der Waals surface area contributed by atoms with Crippen LogP contribution in [0.4, 0.5) is 0 Å². The van der Waals surface area contributed by atoms with Crippen molar-refractivity contribution in [1.29, 1.82) is 0 Å². The van der Waals surface area contributed by atoms with E-state index in [4.69, 9.17) is 5.11 Å². The summed E-state index contributed by atoms with van der Waals surface area (Å²) in [7, 11) is 0. The van der Waals surface area contributed by atoms with Crippen LogP contribution >= 0.6 is 0 Å². The zero-order valence-corrected chi connectivity index (χ0v) is 12.1. The van der Waals surface area contributed by atoms with Crippen molar-refractivity contribution in [2.75, 3.05) is 13.1 Å². The third-order valence-electron chi connectivity index (χ3n) is 4.04. The van der Waals surface area contributed by atoms with E-state index in [0.29, 0.717) is 18.9 Å². The van der Waals surface area contributed by atoms with Crippen molar-refractivity contribution in [3.05, 3.63) is 35.4 Å². The molecular formula is C16H23NO3. The summed E-state index contributed by atoms with van der Waals surface area (Å²) in [4.78, 5) is 13.0. The largest absolute Gasteiger partial charge is 0.480 e. The summed E-state index contributed by atoms with van der Waals surface area (Å²) >= 11 is 0. The molecule has 1 aliphatic rings. The molecular weight excluding hydrogens is 254 g/mol. The second-order valence-electron chi connectivity index (χ2n) is 5.83. The van der Waals surface area contributed by atoms with Crippen LogP contribution in [-0.4, -0.2) is 40.2 Å². The van der Waals surface area contributed by atoms with Crippen molar-refractivity contribution < 1.29 is 15.0 Å². The van der Waals surface area contributed by atoms with Gasteiger partial charge in [0, 0.05) is 6.54 Å². The highest BCUT2D eigenvalue weighted by Gasteiger charge is 2.31. The van der Waals surface area contributed by atoms with Crippen molar-refractivity contribution >= 4 is 5.97 Å². The van der Waals surface area contributed by atoms with Gasteiger partial charge in [0.05, 0.1) is 6.10 Å². The molecule has 1 aromatic rings. The molecule has 1 saturated heterocycles. The quantitative estimate of drug-likeness (QED) is 0.867. The highest BCUT2D eigenvalue weighted by Crippen LogP contribution is 2.23. The summed E-state index contributed by atoms with van der Waals surface area (Å²) in [6.45, 7) is 5.40. The number of aliphatic hydroxyl groups is 1. The lowest BCUT2D eigenvalue weighted by molar-refractivity contribution is -0.142. The maximum Gasteiger partial charge on any atom is 0.320 e. The molecule has 4 heteroatoms. The fourth-order valence-electron chi connectivity index (χ4n) is 2.75. The Hall–Kier alpha value is -1.39. The fourth-order valence-corrected chi connectivity index (χ4v) is 2.75. The van der Waals surface area contributed by atoms with Crippen molar-refractivity contribution in [1.82, 2.24) is 4.90 Å². The van der Waals surface area contributed by atoms with E-state index in [2.05, 4.69) is 13.8 Å². The van der Waals surface area contributed by atoms with Crippen LogP contribution in [0.15, 0.2) is 24.3 Å². The second-order valence-corrected chi connectivity index (χ2v) is 5.83. The molecule has 2 atom stereocenters. The van der Waals surface area contributed by atoms with Crippen LogP contribution in [0.25, 0.3) is 0 Å². The van der Waals surface area contributed by atoms with Crippen molar-refractivity contribution in [2.45, 2.75) is 44.8 Å². The number of aliphatic hydroxyl groups excluding tert-OH is 1. The van der Waals surface area contributed by atoms with Crippen LogP contribution in [0.3, 0.4) is 0 Å². The lowest BCUT2D eigenvalue weighted by Crippen LogP contribution is -2.38. The number of rotatable bonds is 5. The van der Waals surface area contributed by atoms with Crippen LogP contribution in [0.1, 0.15) is 49.8 Å². The first kappa shape index (κ1) is 15.0. The molecule has 0 spiro atoms. The molecule has 20 heavy (non-hydrogen) atoms. The molecule has 1 aliphatic heterocycles. The fraction of sp³-hybridized carbons (Fsp3) is 0.562. The number of carboxylic acid groups (broad SMARTS) is 1. The van der Waals surface area contributed by atoms with Gasteiger partial charge < -0.3 is 10.2 Å². The Morgan fingerprint density at radius 2 is 1.90 bits per heavy atom. The van der Waals surface area contributed by atoms with Gasteiger partial charge in [-0.1, -0.05) is 38.1 Å². The first-order valence-electron chi connectivity index (χ1n) is 7.24. The molecule has 1 heterocycles. The maximum absolute atomic E-state index is 11.1. The first-order chi connectivity index (χ1) is 9.49. The summed E-state index contributed by atoms with van der Waals surface area (Å²) in [5.74, 6) is -0.318. The molecule has 2 rings (SSSR count). The Bertz CT molecular complexity index is 455. The Balaban J connectivity index is 2.00. The summed E-state index contributed by atoms with van der Waals surface area (Å²) in [5, 5.41) is 19.4. The van der Waals surface area contributed by atoms with Gasteiger partial charge >= 0.3 is 5.97 Å². The predicted molar refractivity (Wildman–Crippen MR) is 77.7 cm³/mol. The lowest BCUT2D eigenvalue weighted by atomic mass is 10.00. The van der Waals surface area contributed by atoms with E-state index >= 15 is 0 Å². The Labute approximate surface area is 120 Å². The van der Waals surface area contributed by atoms with Gasteiger partial charge in [-0.3, -0.25) is 9.69 Å². The number of hydrogen-bond donors (Lipinski definition) is 2. The summed E-state index contributed by atoms with van der Waals surface area (Å²) in [5.41, 5.74) is 2.09. The number of likely N-dealkylation sites (tertiary alicyclic amines) is 1. The summed E-state index contributed by atoms with van der Waals surface area (Å²) in [6.07, 6.45) is 0.931. The summed E-state index contributed by atoms with van der Waals surface area (Å²) in [6, 6.07) is 7.49. The highest BCUT2D eigenvalue weighted by molar-refractivity contribution is 5.73. The molecule has 4 nitrogen and oxygen atoms in total. The molecule has 1 aromatic carbocycles. The van der Waals surface area contributed by atoms with Crippen molar-refractivity contribution in [2.24, 2.45) is 0 Å². The van der Waals surface area contributed by atoms with Gasteiger partial charge in [0.1, 0.15) is 6.04 Å². The predicted octanol–water partition coefficient (Wildman–Crippen LogP) is 2.39. The SMILES string of the molecule is CC(C)c1ccc(C(O)CN2CCCC2C(=O)O)cc1. The first-order valence-corrected chi connectivity index (χ1v) is 7.24. The van der Waals surface area contributed by atoms with E-state index < -0.39 is 18.1 Å². The third-order valence-corrected chi connectivity index (χ3v) is 4.04. The van der Waals surface area contributed by atoms with Crippen LogP contribution in [0.5, 0.6) is 0 Å². The average Bonchev–Trinajstić information content (AvgIpc) is 2.87. The van der Waals surface area contributed by atoms with Crippen LogP contribution in [0.2, 0.25) is 0 Å². The van der Waals surface area contributed by atoms with Gasteiger partial charge in [0.25, 0.3) is 0 Å². The number of nitrogens with zero attached hydrogens (tertiary/aromatic N) is 1. The van der Waals surface area contributed by atoms with Gasteiger partial charge in [0.2, 0.25) is 0 Å². The van der Waals surface area contributed by atoms with Crippen LogP contribution in [-0.2, 0) is 4.79 Å².